The molecular weight excluding hydrogens is 367 g/mol. The molecule has 2 aromatic carbocycles. The second-order valence-corrected chi connectivity index (χ2v) is 6.91. The van der Waals surface area contributed by atoms with Crippen LogP contribution in [0.5, 0.6) is 0 Å². The summed E-state index contributed by atoms with van der Waals surface area (Å²) >= 11 is 0. The molecule has 0 bridgehead atoms. The smallest absolute Gasteiger partial charge is 0.387 e. The minimum atomic E-state index is -4.38. The second-order valence-electron chi connectivity index (χ2n) is 6.91. The average molecular weight is 389 g/mol. The van der Waals surface area contributed by atoms with Gasteiger partial charge in [0, 0.05) is 32.7 Å². The maximum absolute atomic E-state index is 12.7. The number of aliphatic hydroxyl groups is 1. The third-order valence-electron chi connectivity index (χ3n) is 5.01. The van der Waals surface area contributed by atoms with Crippen molar-refractivity contribution in [3.63, 3.8) is 0 Å². The predicted octanol–water partition coefficient (Wildman–Crippen LogP) is 3.82. The summed E-state index contributed by atoms with van der Waals surface area (Å²) in [6, 6.07) is 14.4. The van der Waals surface area contributed by atoms with Gasteiger partial charge in [-0.05, 0) is 36.2 Å². The van der Waals surface area contributed by atoms with E-state index in [0.717, 1.165) is 43.9 Å². The number of anilines is 1. The van der Waals surface area contributed by atoms with E-state index in [-0.39, 0.29) is 0 Å². The van der Waals surface area contributed by atoms with Crippen molar-refractivity contribution in [1.82, 2.24) is 4.90 Å². The van der Waals surface area contributed by atoms with Crippen molar-refractivity contribution in [2.24, 2.45) is 0 Å². The van der Waals surface area contributed by atoms with E-state index in [9.17, 15) is 23.5 Å². The molecule has 0 aromatic heterocycles. The highest BCUT2D eigenvalue weighted by Gasteiger charge is 2.30. The van der Waals surface area contributed by atoms with Gasteiger partial charge in [-0.15, -0.1) is 0 Å². The summed E-state index contributed by atoms with van der Waals surface area (Å²) in [4.78, 5) is 4.28. The Hall–Kier alpha value is -2.56. The summed E-state index contributed by atoms with van der Waals surface area (Å²) in [6.45, 7) is 3.38. The highest BCUT2D eigenvalue weighted by atomic mass is 19.4. The highest BCUT2D eigenvalue weighted by molar-refractivity contribution is 5.59. The Bertz CT molecular complexity index is 830. The maximum Gasteiger partial charge on any atom is 0.416 e. The Morgan fingerprint density at radius 3 is 2.39 bits per heavy atom. The summed E-state index contributed by atoms with van der Waals surface area (Å²) in [5.74, 6) is 0. The van der Waals surface area contributed by atoms with Crippen LogP contribution < -0.4 is 4.90 Å². The Labute approximate surface area is 162 Å². The zero-order chi connectivity index (χ0) is 20.1. The Balaban J connectivity index is 1.61. The van der Waals surface area contributed by atoms with E-state index in [0.29, 0.717) is 24.2 Å². The van der Waals surface area contributed by atoms with Crippen LogP contribution >= 0.6 is 0 Å². The number of β-amino-alcohol motifs (C(OH)–C–C–N with tert-alkyl or cyclic N) is 1. The van der Waals surface area contributed by atoms with E-state index in [1.807, 2.05) is 18.2 Å². The number of halogens is 3. The fourth-order valence-corrected chi connectivity index (χ4v) is 3.48. The molecule has 0 aliphatic carbocycles. The predicted molar refractivity (Wildman–Crippen MR) is 101 cm³/mol. The van der Waals surface area contributed by atoms with Crippen LogP contribution in [0.15, 0.2) is 48.5 Å². The van der Waals surface area contributed by atoms with E-state index in [1.54, 1.807) is 6.07 Å². The molecule has 1 aliphatic heterocycles. The molecule has 28 heavy (non-hydrogen) atoms. The van der Waals surface area contributed by atoms with Crippen LogP contribution in [0.2, 0.25) is 0 Å². The molecule has 7 heteroatoms. The van der Waals surface area contributed by atoms with E-state index in [4.69, 9.17) is 0 Å². The minimum Gasteiger partial charge on any atom is -0.387 e. The van der Waals surface area contributed by atoms with Gasteiger partial charge in [-0.2, -0.15) is 18.4 Å². The standard InChI is InChI=1S/C21H22F3N3O/c22-21(23,24)18-8-6-16(7-9-18)20(28)15-26-10-3-11-27(13-12-26)19-5-2-1-4-17(19)14-25/h1-2,4-9,20,28H,3,10-13,15H2/t20-/m1/s1. The number of benzene rings is 2. The first kappa shape index (κ1) is 20.2. The Morgan fingerprint density at radius 1 is 1.00 bits per heavy atom. The normalized spacial score (nSPS) is 17.0. The lowest BCUT2D eigenvalue weighted by Gasteiger charge is -2.25. The molecule has 0 radical (unpaired) electrons. The van der Waals surface area contributed by atoms with Gasteiger partial charge in [-0.25, -0.2) is 0 Å². The van der Waals surface area contributed by atoms with E-state index in [1.165, 1.54) is 12.1 Å². The van der Waals surface area contributed by atoms with Crippen molar-refractivity contribution < 1.29 is 18.3 Å². The number of alkyl halides is 3. The first-order valence-electron chi connectivity index (χ1n) is 9.20. The van der Waals surface area contributed by atoms with Gasteiger partial charge in [0.1, 0.15) is 6.07 Å². The number of hydrogen-bond donors (Lipinski definition) is 1. The topological polar surface area (TPSA) is 50.5 Å². The molecule has 1 atom stereocenters. The molecule has 0 amide bonds. The third-order valence-corrected chi connectivity index (χ3v) is 5.01. The van der Waals surface area contributed by atoms with Crippen molar-refractivity contribution in [3.05, 3.63) is 65.2 Å². The monoisotopic (exact) mass is 389 g/mol. The molecule has 1 N–H and O–H groups in total. The van der Waals surface area contributed by atoms with Crippen molar-refractivity contribution in [2.75, 3.05) is 37.6 Å². The third kappa shape index (κ3) is 4.83. The molecule has 3 rings (SSSR count). The van der Waals surface area contributed by atoms with Crippen molar-refractivity contribution >= 4 is 5.69 Å². The second kappa shape index (κ2) is 8.63. The zero-order valence-corrected chi connectivity index (χ0v) is 15.4. The van der Waals surface area contributed by atoms with Gasteiger partial charge >= 0.3 is 6.18 Å². The Morgan fingerprint density at radius 2 is 1.71 bits per heavy atom. The Kier molecular flexibility index (Phi) is 6.22. The number of nitrogens with zero attached hydrogens (tertiary/aromatic N) is 3. The van der Waals surface area contributed by atoms with Crippen molar-refractivity contribution in [1.29, 1.82) is 5.26 Å². The summed E-state index contributed by atoms with van der Waals surface area (Å²) in [5.41, 5.74) is 1.31. The SMILES string of the molecule is N#Cc1ccccc1N1CCCN(C[C@@H](O)c2ccc(C(F)(F)F)cc2)CC1. The lowest BCUT2D eigenvalue weighted by Crippen LogP contribution is -2.33. The molecule has 0 saturated carbocycles. The van der Waals surface area contributed by atoms with Crippen LogP contribution in [0.1, 0.15) is 29.2 Å². The van der Waals surface area contributed by atoms with Gasteiger partial charge in [-0.1, -0.05) is 24.3 Å². The molecule has 148 valence electrons. The summed E-state index contributed by atoms with van der Waals surface area (Å²) in [6.07, 6.45) is -4.35. The van der Waals surface area contributed by atoms with Gasteiger partial charge < -0.3 is 10.0 Å². The number of hydrogen-bond acceptors (Lipinski definition) is 4. The highest BCUT2D eigenvalue weighted by Crippen LogP contribution is 2.30. The summed E-state index contributed by atoms with van der Waals surface area (Å²) < 4.78 is 38.0. The summed E-state index contributed by atoms with van der Waals surface area (Å²) in [7, 11) is 0. The molecule has 1 aliphatic rings. The first-order chi connectivity index (χ1) is 13.4. The summed E-state index contributed by atoms with van der Waals surface area (Å²) in [5, 5.41) is 19.7. The van der Waals surface area contributed by atoms with Gasteiger partial charge in [0.2, 0.25) is 0 Å². The van der Waals surface area contributed by atoms with E-state index in [2.05, 4.69) is 15.9 Å². The van der Waals surface area contributed by atoms with Gasteiger partial charge in [0.05, 0.1) is 22.9 Å². The molecule has 0 spiro atoms. The molecular formula is C21H22F3N3O. The lowest BCUT2D eigenvalue weighted by atomic mass is 10.1. The number of para-hydroxylation sites is 1. The van der Waals surface area contributed by atoms with Crippen LogP contribution in [0.3, 0.4) is 0 Å². The number of rotatable bonds is 4. The zero-order valence-electron chi connectivity index (χ0n) is 15.4. The van der Waals surface area contributed by atoms with Crippen molar-refractivity contribution in [2.45, 2.75) is 18.7 Å². The molecule has 2 aromatic rings. The van der Waals surface area contributed by atoms with E-state index < -0.39 is 17.8 Å². The van der Waals surface area contributed by atoms with Crippen LogP contribution in [-0.2, 0) is 6.18 Å². The minimum absolute atomic E-state index is 0.360. The van der Waals surface area contributed by atoms with Crippen LogP contribution in [0, 0.1) is 11.3 Å². The first-order valence-corrected chi connectivity index (χ1v) is 9.20. The number of nitriles is 1. The van der Waals surface area contributed by atoms with Crippen LogP contribution in [0.4, 0.5) is 18.9 Å². The quantitative estimate of drug-likeness (QED) is 0.864. The molecule has 0 unspecified atom stereocenters. The van der Waals surface area contributed by atoms with Crippen LogP contribution in [-0.4, -0.2) is 42.7 Å². The van der Waals surface area contributed by atoms with Gasteiger partial charge in [-0.3, -0.25) is 4.90 Å². The fourth-order valence-electron chi connectivity index (χ4n) is 3.48. The molecule has 1 saturated heterocycles. The average Bonchev–Trinajstić information content (AvgIpc) is 2.93. The molecule has 1 fully saturated rings. The molecule has 4 nitrogen and oxygen atoms in total. The molecule has 1 heterocycles. The number of aliphatic hydroxyl groups excluding tert-OH is 1. The van der Waals surface area contributed by atoms with Gasteiger partial charge in [0.25, 0.3) is 0 Å². The lowest BCUT2D eigenvalue weighted by molar-refractivity contribution is -0.137. The van der Waals surface area contributed by atoms with E-state index >= 15 is 0 Å². The maximum atomic E-state index is 12.7. The van der Waals surface area contributed by atoms with Crippen molar-refractivity contribution in [3.8, 4) is 6.07 Å². The fraction of sp³-hybridized carbons (Fsp3) is 0.381. The largest absolute Gasteiger partial charge is 0.416 e. The van der Waals surface area contributed by atoms with Crippen LogP contribution in [0.25, 0.3) is 0 Å². The van der Waals surface area contributed by atoms with Gasteiger partial charge in [0.15, 0.2) is 0 Å².